The number of nitrogen functional groups attached to an aromatic ring is 1. The van der Waals surface area contributed by atoms with Gasteiger partial charge in [0, 0.05) is 5.69 Å². The van der Waals surface area contributed by atoms with Gasteiger partial charge in [-0.25, -0.2) is 4.79 Å². The largest absolute Gasteiger partial charge is 0.448 e. The smallest absolute Gasteiger partial charge is 0.426 e. The first-order chi connectivity index (χ1) is 9.81. The third-order valence-electron chi connectivity index (χ3n) is 2.43. The molecule has 1 unspecified atom stereocenters. The van der Waals surface area contributed by atoms with Crippen molar-refractivity contribution in [3.05, 3.63) is 17.7 Å². The molecular formula is C10H8B2F3NO5S. The van der Waals surface area contributed by atoms with E-state index >= 15 is 0 Å². The SMILES string of the molecule is [B]c1cc([B])c(N)c(C(=O)OC(CS(=O)(=O)O)C(F)(F)F)c1. The fourth-order valence-electron chi connectivity index (χ4n) is 1.45. The molecule has 4 radical (unpaired) electrons. The zero-order chi connectivity index (χ0) is 17.3. The molecule has 1 rings (SSSR count). The van der Waals surface area contributed by atoms with Crippen molar-refractivity contribution in [2.24, 2.45) is 0 Å². The summed E-state index contributed by atoms with van der Waals surface area (Å²) >= 11 is 0. The van der Waals surface area contributed by atoms with Crippen LogP contribution in [-0.4, -0.2) is 52.7 Å². The summed E-state index contributed by atoms with van der Waals surface area (Å²) in [6.07, 6.45) is -8.29. The van der Waals surface area contributed by atoms with Crippen LogP contribution < -0.4 is 16.7 Å². The second-order valence-electron chi connectivity index (χ2n) is 4.26. The van der Waals surface area contributed by atoms with Gasteiger partial charge in [-0.2, -0.15) is 21.6 Å². The molecule has 0 amide bonds. The van der Waals surface area contributed by atoms with Gasteiger partial charge in [-0.05, 0) is 0 Å². The molecular weight excluding hydrogens is 325 g/mol. The number of anilines is 1. The van der Waals surface area contributed by atoms with E-state index in [0.29, 0.717) is 0 Å². The highest BCUT2D eigenvalue weighted by Crippen LogP contribution is 2.25. The monoisotopic (exact) mass is 333 g/mol. The van der Waals surface area contributed by atoms with Crippen LogP contribution in [0.3, 0.4) is 0 Å². The van der Waals surface area contributed by atoms with Gasteiger partial charge in [-0.3, -0.25) is 4.55 Å². The Balaban J connectivity index is 3.12. The number of hydrogen-bond acceptors (Lipinski definition) is 5. The third kappa shape index (κ3) is 4.95. The number of alkyl halides is 3. The Kier molecular flexibility index (Phi) is 5.18. The number of halogens is 3. The first kappa shape index (κ1) is 18.4. The molecule has 116 valence electrons. The van der Waals surface area contributed by atoms with E-state index in [9.17, 15) is 26.4 Å². The van der Waals surface area contributed by atoms with Gasteiger partial charge in [0.1, 0.15) is 21.4 Å². The van der Waals surface area contributed by atoms with Crippen LogP contribution in [0.15, 0.2) is 12.1 Å². The second kappa shape index (κ2) is 6.21. The molecule has 12 heteroatoms. The molecule has 0 aromatic heterocycles. The molecule has 0 heterocycles. The molecule has 1 atom stereocenters. The number of ether oxygens (including phenoxy) is 1. The molecule has 1 aromatic carbocycles. The van der Waals surface area contributed by atoms with Crippen LogP contribution >= 0.6 is 0 Å². The number of rotatable bonds is 4. The normalized spacial score (nSPS) is 13.6. The van der Waals surface area contributed by atoms with E-state index in [0.717, 1.165) is 6.07 Å². The fourth-order valence-corrected chi connectivity index (χ4v) is 2.09. The van der Waals surface area contributed by atoms with Gasteiger partial charge in [0.05, 0.1) is 5.56 Å². The zero-order valence-electron chi connectivity index (χ0n) is 10.8. The lowest BCUT2D eigenvalue weighted by Crippen LogP contribution is -2.40. The summed E-state index contributed by atoms with van der Waals surface area (Å²) in [6.45, 7) is 0. The minimum absolute atomic E-state index is 0.0583. The highest BCUT2D eigenvalue weighted by Gasteiger charge is 2.45. The van der Waals surface area contributed by atoms with Crippen molar-refractivity contribution in [1.29, 1.82) is 0 Å². The molecule has 22 heavy (non-hydrogen) atoms. The molecule has 3 N–H and O–H groups in total. The molecule has 0 saturated heterocycles. The lowest BCUT2D eigenvalue weighted by atomic mass is 9.84. The highest BCUT2D eigenvalue weighted by atomic mass is 32.2. The van der Waals surface area contributed by atoms with Gasteiger partial charge in [-0.1, -0.05) is 23.1 Å². The van der Waals surface area contributed by atoms with Crippen molar-refractivity contribution in [1.82, 2.24) is 0 Å². The van der Waals surface area contributed by atoms with Gasteiger partial charge >= 0.3 is 12.1 Å². The van der Waals surface area contributed by atoms with Crippen LogP contribution in [0.25, 0.3) is 0 Å². The molecule has 0 bridgehead atoms. The summed E-state index contributed by atoms with van der Waals surface area (Å²) in [5.74, 6) is -3.43. The predicted octanol–water partition coefficient (Wildman–Crippen LogP) is -1.17. The van der Waals surface area contributed by atoms with E-state index in [1.54, 1.807) is 0 Å². The number of carbonyl (C=O) groups is 1. The minimum Gasteiger partial charge on any atom is -0.448 e. The molecule has 0 spiro atoms. The van der Waals surface area contributed by atoms with E-state index < -0.39 is 39.7 Å². The Morgan fingerprint density at radius 2 is 1.91 bits per heavy atom. The Bertz CT molecular complexity index is 693. The standard InChI is InChI=1S/C10H8B2F3NO5S/c11-4-1-5(8(16)6(12)2-4)9(17)21-7(10(13,14)15)3-22(18,19)20/h1-2,7H,3,16H2,(H,18,19,20). The molecule has 0 aliphatic carbocycles. The van der Waals surface area contributed by atoms with Gasteiger partial charge in [-0.15, -0.1) is 0 Å². The van der Waals surface area contributed by atoms with Crippen molar-refractivity contribution >= 4 is 48.4 Å². The molecule has 0 saturated carbocycles. The van der Waals surface area contributed by atoms with Crippen molar-refractivity contribution < 1.29 is 35.7 Å². The number of carbonyl (C=O) groups excluding carboxylic acids is 1. The molecule has 0 aliphatic rings. The first-order valence-electron chi connectivity index (χ1n) is 5.48. The van der Waals surface area contributed by atoms with E-state index in [4.69, 9.17) is 26.0 Å². The maximum Gasteiger partial charge on any atom is 0.426 e. The van der Waals surface area contributed by atoms with Crippen molar-refractivity contribution in [3.8, 4) is 0 Å². The van der Waals surface area contributed by atoms with Crippen molar-refractivity contribution in [2.75, 3.05) is 11.5 Å². The topological polar surface area (TPSA) is 107 Å². The first-order valence-corrected chi connectivity index (χ1v) is 7.09. The number of benzene rings is 1. The average molecular weight is 333 g/mol. The zero-order valence-corrected chi connectivity index (χ0v) is 11.6. The Morgan fingerprint density at radius 3 is 2.36 bits per heavy atom. The van der Waals surface area contributed by atoms with E-state index in [2.05, 4.69) is 4.74 Å². The lowest BCUT2D eigenvalue weighted by Gasteiger charge is -2.20. The molecule has 0 fully saturated rings. The predicted molar refractivity (Wildman–Crippen MR) is 73.3 cm³/mol. The second-order valence-corrected chi connectivity index (χ2v) is 5.75. The van der Waals surface area contributed by atoms with Crippen LogP contribution in [0.4, 0.5) is 18.9 Å². The summed E-state index contributed by atoms with van der Waals surface area (Å²) in [7, 11) is 5.75. The van der Waals surface area contributed by atoms with E-state index in [-0.39, 0.29) is 16.6 Å². The van der Waals surface area contributed by atoms with Crippen LogP contribution in [0.5, 0.6) is 0 Å². The maximum atomic E-state index is 12.7. The maximum absolute atomic E-state index is 12.7. The molecule has 1 aromatic rings. The van der Waals surface area contributed by atoms with Gasteiger partial charge in [0.2, 0.25) is 6.10 Å². The van der Waals surface area contributed by atoms with E-state index in [1.165, 1.54) is 6.07 Å². The van der Waals surface area contributed by atoms with Gasteiger partial charge < -0.3 is 10.5 Å². The number of hydrogen-bond donors (Lipinski definition) is 2. The Morgan fingerprint density at radius 1 is 1.36 bits per heavy atom. The van der Waals surface area contributed by atoms with Crippen LogP contribution in [0, 0.1) is 0 Å². The average Bonchev–Trinajstić information content (AvgIpc) is 2.29. The summed E-state index contributed by atoms with van der Waals surface area (Å²) in [4.78, 5) is 11.7. The number of esters is 1. The Labute approximate surface area is 126 Å². The summed E-state index contributed by atoms with van der Waals surface area (Å²) in [6, 6.07) is 2.10. The van der Waals surface area contributed by atoms with Gasteiger partial charge in [0.25, 0.3) is 10.1 Å². The van der Waals surface area contributed by atoms with Crippen molar-refractivity contribution in [3.63, 3.8) is 0 Å². The van der Waals surface area contributed by atoms with Crippen molar-refractivity contribution in [2.45, 2.75) is 12.3 Å². The van der Waals surface area contributed by atoms with Crippen LogP contribution in [0.1, 0.15) is 10.4 Å². The molecule has 6 nitrogen and oxygen atoms in total. The Hall–Kier alpha value is -1.68. The molecule has 0 aliphatic heterocycles. The highest BCUT2D eigenvalue weighted by molar-refractivity contribution is 7.85. The lowest BCUT2D eigenvalue weighted by molar-refractivity contribution is -0.197. The fraction of sp³-hybridized carbons (Fsp3) is 0.300. The summed E-state index contributed by atoms with van der Waals surface area (Å²) in [5.41, 5.74) is 4.29. The number of nitrogens with two attached hydrogens (primary N) is 1. The summed E-state index contributed by atoms with van der Waals surface area (Å²) < 4.78 is 71.7. The van der Waals surface area contributed by atoms with Gasteiger partial charge in [0.15, 0.2) is 0 Å². The van der Waals surface area contributed by atoms with Crippen LogP contribution in [0.2, 0.25) is 0 Å². The minimum atomic E-state index is -5.22. The summed E-state index contributed by atoms with van der Waals surface area (Å²) in [5, 5.41) is 0. The van der Waals surface area contributed by atoms with Crippen LogP contribution in [-0.2, 0) is 14.9 Å². The quantitative estimate of drug-likeness (QED) is 0.311. The van der Waals surface area contributed by atoms with E-state index in [1.807, 2.05) is 0 Å². The third-order valence-corrected chi connectivity index (χ3v) is 3.15.